The second kappa shape index (κ2) is 7.33. The van der Waals surface area contributed by atoms with Crippen molar-refractivity contribution in [3.05, 3.63) is 109 Å². The first-order chi connectivity index (χ1) is 14.3. The largest absolute Gasteiger partial charge is 0.233 e. The van der Waals surface area contributed by atoms with Gasteiger partial charge in [-0.3, -0.25) is 0 Å². The van der Waals surface area contributed by atoms with E-state index < -0.39 is 0 Å². The van der Waals surface area contributed by atoms with E-state index in [2.05, 4.69) is 78.9 Å². The summed E-state index contributed by atoms with van der Waals surface area (Å²) in [5.74, 6) is 0.784. The van der Waals surface area contributed by atoms with Gasteiger partial charge in [-0.15, -0.1) is 0 Å². The summed E-state index contributed by atoms with van der Waals surface area (Å²) in [6.45, 7) is 1.95. The Balaban J connectivity index is 1.63. The Bertz CT molecular complexity index is 1290. The minimum absolute atomic E-state index is 0.784. The molecule has 0 aliphatic carbocycles. The van der Waals surface area contributed by atoms with Crippen molar-refractivity contribution in [2.24, 2.45) is 0 Å². The van der Waals surface area contributed by atoms with E-state index in [4.69, 9.17) is 9.97 Å². The number of benzene rings is 4. The van der Waals surface area contributed by atoms with Gasteiger partial charge in [0.25, 0.3) is 0 Å². The van der Waals surface area contributed by atoms with Crippen molar-refractivity contribution in [1.82, 2.24) is 9.97 Å². The molecular weight excluding hydrogens is 352 g/mol. The first-order valence-corrected chi connectivity index (χ1v) is 9.78. The van der Waals surface area contributed by atoms with E-state index in [0.717, 1.165) is 33.5 Å². The summed E-state index contributed by atoms with van der Waals surface area (Å²) in [5.41, 5.74) is 7.85. The molecule has 1 aromatic heterocycles. The number of nitrogens with zero attached hydrogens (tertiary/aromatic N) is 2. The van der Waals surface area contributed by atoms with E-state index in [1.165, 1.54) is 16.7 Å². The van der Waals surface area contributed by atoms with Gasteiger partial charge in [0.2, 0.25) is 0 Å². The summed E-state index contributed by atoms with van der Waals surface area (Å²) in [6.07, 6.45) is 0. The highest BCUT2D eigenvalue weighted by molar-refractivity contribution is 5.94. The van der Waals surface area contributed by atoms with Crippen molar-refractivity contribution >= 4 is 10.9 Å². The fourth-order valence-corrected chi connectivity index (χ4v) is 3.75. The van der Waals surface area contributed by atoms with Crippen LogP contribution in [-0.2, 0) is 0 Å². The highest BCUT2D eigenvalue weighted by atomic mass is 14.9. The second-order valence-electron chi connectivity index (χ2n) is 7.16. The van der Waals surface area contributed by atoms with Crippen LogP contribution in [-0.4, -0.2) is 9.97 Å². The molecule has 0 radical (unpaired) electrons. The van der Waals surface area contributed by atoms with Gasteiger partial charge in [0.05, 0.1) is 11.2 Å². The fraction of sp³-hybridized carbons (Fsp3) is 0.0370. The lowest BCUT2D eigenvalue weighted by atomic mass is 9.97. The molecule has 5 rings (SSSR count). The molecule has 0 amide bonds. The van der Waals surface area contributed by atoms with Gasteiger partial charge >= 0.3 is 0 Å². The Labute approximate surface area is 170 Å². The highest BCUT2D eigenvalue weighted by Gasteiger charge is 2.10. The van der Waals surface area contributed by atoms with Crippen LogP contribution in [0.3, 0.4) is 0 Å². The third-order valence-corrected chi connectivity index (χ3v) is 5.16. The molecule has 0 fully saturated rings. The van der Waals surface area contributed by atoms with Crippen LogP contribution in [0.4, 0.5) is 0 Å². The zero-order valence-electron chi connectivity index (χ0n) is 16.2. The van der Waals surface area contributed by atoms with Gasteiger partial charge in [0.1, 0.15) is 5.82 Å². The fourth-order valence-electron chi connectivity index (χ4n) is 3.75. The van der Waals surface area contributed by atoms with Gasteiger partial charge in [-0.25, -0.2) is 9.97 Å². The molecule has 2 heteroatoms. The summed E-state index contributed by atoms with van der Waals surface area (Å²) < 4.78 is 0. The zero-order chi connectivity index (χ0) is 19.6. The number of hydrogen-bond donors (Lipinski definition) is 0. The zero-order valence-corrected chi connectivity index (χ0v) is 16.2. The normalized spacial score (nSPS) is 10.9. The quantitative estimate of drug-likeness (QED) is 0.343. The first kappa shape index (κ1) is 17.3. The molecule has 1 heterocycles. The highest BCUT2D eigenvalue weighted by Crippen LogP contribution is 2.31. The van der Waals surface area contributed by atoms with Crippen molar-refractivity contribution in [2.75, 3.05) is 0 Å². The predicted molar refractivity (Wildman–Crippen MR) is 121 cm³/mol. The van der Waals surface area contributed by atoms with Crippen LogP contribution in [0.1, 0.15) is 5.82 Å². The predicted octanol–water partition coefficient (Wildman–Crippen LogP) is 6.94. The van der Waals surface area contributed by atoms with Crippen LogP contribution in [0.5, 0.6) is 0 Å². The lowest BCUT2D eigenvalue weighted by molar-refractivity contribution is 1.10. The Morgan fingerprint density at radius 3 is 1.79 bits per heavy atom. The molecule has 29 heavy (non-hydrogen) atoms. The van der Waals surface area contributed by atoms with Crippen molar-refractivity contribution in [1.29, 1.82) is 0 Å². The molecule has 0 unspecified atom stereocenters. The van der Waals surface area contributed by atoms with Gasteiger partial charge in [-0.05, 0) is 47.4 Å². The monoisotopic (exact) mass is 372 g/mol. The van der Waals surface area contributed by atoms with Crippen LogP contribution >= 0.6 is 0 Å². The third-order valence-electron chi connectivity index (χ3n) is 5.16. The average molecular weight is 372 g/mol. The molecule has 0 bridgehead atoms. The topological polar surface area (TPSA) is 25.8 Å². The molecule has 0 atom stereocenters. The molecule has 0 saturated heterocycles. The Kier molecular flexibility index (Phi) is 4.38. The van der Waals surface area contributed by atoms with Crippen LogP contribution < -0.4 is 0 Å². The van der Waals surface area contributed by atoms with Gasteiger partial charge < -0.3 is 0 Å². The summed E-state index contributed by atoms with van der Waals surface area (Å²) in [6, 6.07) is 35.9. The Morgan fingerprint density at radius 1 is 0.483 bits per heavy atom. The maximum absolute atomic E-state index is 4.72. The van der Waals surface area contributed by atoms with Crippen molar-refractivity contribution in [3.8, 4) is 33.5 Å². The number of rotatable bonds is 3. The molecule has 2 nitrogen and oxygen atoms in total. The van der Waals surface area contributed by atoms with E-state index in [9.17, 15) is 0 Å². The molecule has 138 valence electrons. The van der Waals surface area contributed by atoms with Crippen LogP contribution in [0, 0.1) is 6.92 Å². The Hall–Kier alpha value is -3.78. The molecule has 0 saturated carbocycles. The molecular formula is C27H20N2. The molecule has 5 aromatic rings. The standard InChI is InChI=1S/C27H20N2/c1-19-28-26-18-24(15-16-25(26)27(29-19)21-11-6-3-7-12-21)23-14-8-13-22(17-23)20-9-4-2-5-10-20/h2-18H,1H3. The lowest BCUT2D eigenvalue weighted by Crippen LogP contribution is -1.94. The maximum Gasteiger partial charge on any atom is 0.126 e. The Morgan fingerprint density at radius 2 is 1.07 bits per heavy atom. The minimum atomic E-state index is 0.784. The summed E-state index contributed by atoms with van der Waals surface area (Å²) in [5, 5.41) is 1.07. The van der Waals surface area contributed by atoms with E-state index in [-0.39, 0.29) is 0 Å². The first-order valence-electron chi connectivity index (χ1n) is 9.78. The molecule has 0 aliphatic heterocycles. The second-order valence-corrected chi connectivity index (χ2v) is 7.16. The maximum atomic E-state index is 4.72. The molecule has 0 spiro atoms. The van der Waals surface area contributed by atoms with Gasteiger partial charge in [-0.2, -0.15) is 0 Å². The number of hydrogen-bond acceptors (Lipinski definition) is 2. The molecule has 0 aliphatic rings. The van der Waals surface area contributed by atoms with Gasteiger partial charge in [-0.1, -0.05) is 84.9 Å². The number of fused-ring (bicyclic) bond motifs is 1. The van der Waals surface area contributed by atoms with E-state index in [1.807, 2.05) is 31.2 Å². The van der Waals surface area contributed by atoms with E-state index >= 15 is 0 Å². The van der Waals surface area contributed by atoms with E-state index in [1.54, 1.807) is 0 Å². The van der Waals surface area contributed by atoms with Gasteiger partial charge in [0.15, 0.2) is 0 Å². The van der Waals surface area contributed by atoms with Crippen molar-refractivity contribution in [2.45, 2.75) is 6.92 Å². The number of aromatic nitrogens is 2. The van der Waals surface area contributed by atoms with Crippen LogP contribution in [0.2, 0.25) is 0 Å². The minimum Gasteiger partial charge on any atom is -0.233 e. The summed E-state index contributed by atoms with van der Waals surface area (Å²) in [4.78, 5) is 9.43. The van der Waals surface area contributed by atoms with Crippen LogP contribution in [0.15, 0.2) is 103 Å². The van der Waals surface area contributed by atoms with E-state index in [0.29, 0.717) is 0 Å². The van der Waals surface area contributed by atoms with Crippen LogP contribution in [0.25, 0.3) is 44.4 Å². The van der Waals surface area contributed by atoms with Crippen molar-refractivity contribution in [3.63, 3.8) is 0 Å². The molecule has 4 aromatic carbocycles. The smallest absolute Gasteiger partial charge is 0.126 e. The number of aryl methyl sites for hydroxylation is 1. The summed E-state index contributed by atoms with van der Waals surface area (Å²) >= 11 is 0. The summed E-state index contributed by atoms with van der Waals surface area (Å²) in [7, 11) is 0. The average Bonchev–Trinajstić information content (AvgIpc) is 2.79. The van der Waals surface area contributed by atoms with Gasteiger partial charge in [0, 0.05) is 10.9 Å². The van der Waals surface area contributed by atoms with Crippen molar-refractivity contribution < 1.29 is 0 Å². The lowest BCUT2D eigenvalue weighted by Gasteiger charge is -2.10. The third kappa shape index (κ3) is 3.41. The SMILES string of the molecule is Cc1nc(-c2ccccc2)c2ccc(-c3cccc(-c4ccccc4)c3)cc2n1. The molecule has 0 N–H and O–H groups in total.